The molecule has 2 atom stereocenters. The molecule has 44 heavy (non-hydrogen) atoms. The Morgan fingerprint density at radius 1 is 1.07 bits per heavy atom. The Labute approximate surface area is 258 Å². The molecular formula is C34H43F2N5O3. The van der Waals surface area contributed by atoms with Gasteiger partial charge < -0.3 is 14.2 Å². The summed E-state index contributed by atoms with van der Waals surface area (Å²) in [4.78, 5) is 35.0. The predicted octanol–water partition coefficient (Wildman–Crippen LogP) is 5.75. The lowest BCUT2D eigenvalue weighted by Crippen LogP contribution is -2.40. The van der Waals surface area contributed by atoms with Gasteiger partial charge in [-0.2, -0.15) is 0 Å². The number of aromatic nitrogens is 2. The molecular weight excluding hydrogens is 564 g/mol. The number of aryl methyl sites for hydroxylation is 1. The number of benzene rings is 2. The van der Waals surface area contributed by atoms with E-state index in [-0.39, 0.29) is 23.3 Å². The molecule has 0 unspecified atom stereocenters. The zero-order valence-electron chi connectivity index (χ0n) is 26.3. The standard InChI is InChI=1S/C34H43F2N5O3/c1-6-44-32(43)23-11-14-39(15-12-23)30-17-22(2)7-8-24(30)19-40-16-13-37-33(40)38-31(42)28-21-41(34(3,4)5)20-27(28)26-10-9-25(35)18-29(26)36/h7-10,13,16-18,23,27-28H,6,11-12,14-15,19-21H2,1-5H3,(H,37,38,42)/t27-,28+/m0/s1. The average molecular weight is 608 g/mol. The molecule has 1 aromatic heterocycles. The molecule has 0 saturated carbocycles. The second-order valence-electron chi connectivity index (χ2n) is 13.0. The highest BCUT2D eigenvalue weighted by molar-refractivity contribution is 5.92. The quantitative estimate of drug-likeness (QED) is 0.329. The van der Waals surface area contributed by atoms with Crippen LogP contribution in [0.3, 0.4) is 0 Å². The van der Waals surface area contributed by atoms with Gasteiger partial charge in [-0.15, -0.1) is 0 Å². The number of halogens is 2. The Hall–Kier alpha value is -3.79. The van der Waals surface area contributed by atoms with Crippen LogP contribution in [0.4, 0.5) is 20.4 Å². The number of nitrogens with one attached hydrogen (secondary N) is 1. The number of anilines is 2. The number of hydrogen-bond acceptors (Lipinski definition) is 6. The smallest absolute Gasteiger partial charge is 0.309 e. The molecule has 2 saturated heterocycles. The van der Waals surface area contributed by atoms with E-state index < -0.39 is 23.5 Å². The van der Waals surface area contributed by atoms with Gasteiger partial charge in [0.2, 0.25) is 11.9 Å². The molecule has 3 aromatic rings. The topological polar surface area (TPSA) is 79.7 Å². The Morgan fingerprint density at radius 3 is 2.50 bits per heavy atom. The second-order valence-corrected chi connectivity index (χ2v) is 13.0. The lowest BCUT2D eigenvalue weighted by atomic mass is 9.88. The van der Waals surface area contributed by atoms with Crippen molar-refractivity contribution in [3.63, 3.8) is 0 Å². The Balaban J connectivity index is 1.33. The van der Waals surface area contributed by atoms with Gasteiger partial charge in [0.1, 0.15) is 11.6 Å². The molecule has 0 bridgehead atoms. The number of hydrogen-bond donors (Lipinski definition) is 1. The van der Waals surface area contributed by atoms with Gasteiger partial charge in [-0.1, -0.05) is 18.2 Å². The Kier molecular flexibility index (Phi) is 9.39. The van der Waals surface area contributed by atoms with E-state index in [0.29, 0.717) is 37.8 Å². The fraction of sp³-hybridized carbons (Fsp3) is 0.500. The zero-order chi connectivity index (χ0) is 31.6. The minimum atomic E-state index is -0.640. The van der Waals surface area contributed by atoms with E-state index in [2.05, 4.69) is 66.0 Å². The summed E-state index contributed by atoms with van der Waals surface area (Å²) in [5, 5.41) is 3.02. The lowest BCUT2D eigenvalue weighted by molar-refractivity contribution is -0.148. The van der Waals surface area contributed by atoms with E-state index in [0.717, 1.165) is 48.8 Å². The number of carbonyl (C=O) groups is 2. The van der Waals surface area contributed by atoms with Crippen molar-refractivity contribution in [1.82, 2.24) is 14.5 Å². The van der Waals surface area contributed by atoms with Crippen LogP contribution >= 0.6 is 0 Å². The highest BCUT2D eigenvalue weighted by atomic mass is 19.1. The molecule has 1 N–H and O–H groups in total. The molecule has 2 aromatic carbocycles. The number of rotatable bonds is 8. The molecule has 2 fully saturated rings. The molecule has 10 heteroatoms. The average Bonchev–Trinajstić information content (AvgIpc) is 3.62. The van der Waals surface area contributed by atoms with Crippen molar-refractivity contribution in [2.24, 2.45) is 11.8 Å². The normalized spacial score (nSPS) is 19.8. The van der Waals surface area contributed by atoms with Crippen molar-refractivity contribution in [2.45, 2.75) is 65.5 Å². The van der Waals surface area contributed by atoms with Crippen molar-refractivity contribution < 1.29 is 23.1 Å². The molecule has 236 valence electrons. The van der Waals surface area contributed by atoms with Crippen LogP contribution in [-0.2, 0) is 20.9 Å². The monoisotopic (exact) mass is 607 g/mol. The van der Waals surface area contributed by atoms with Crippen molar-refractivity contribution in [2.75, 3.05) is 43.0 Å². The van der Waals surface area contributed by atoms with Gasteiger partial charge in [0, 0.05) is 61.8 Å². The summed E-state index contributed by atoms with van der Waals surface area (Å²) in [5.41, 5.74) is 3.43. The van der Waals surface area contributed by atoms with E-state index in [9.17, 15) is 18.4 Å². The molecule has 2 aliphatic rings. The van der Waals surface area contributed by atoms with Crippen LogP contribution in [0.5, 0.6) is 0 Å². The first-order valence-electron chi connectivity index (χ1n) is 15.5. The molecule has 1 amide bonds. The maximum atomic E-state index is 14.9. The number of esters is 1. The fourth-order valence-corrected chi connectivity index (χ4v) is 6.40. The molecule has 3 heterocycles. The van der Waals surface area contributed by atoms with E-state index in [4.69, 9.17) is 4.74 Å². The van der Waals surface area contributed by atoms with Gasteiger partial charge in [-0.25, -0.2) is 13.8 Å². The first-order valence-corrected chi connectivity index (χ1v) is 15.5. The maximum absolute atomic E-state index is 14.9. The van der Waals surface area contributed by atoms with Crippen LogP contribution < -0.4 is 10.2 Å². The molecule has 2 aliphatic heterocycles. The fourth-order valence-electron chi connectivity index (χ4n) is 6.40. The van der Waals surface area contributed by atoms with E-state index in [1.165, 1.54) is 12.1 Å². The van der Waals surface area contributed by atoms with Gasteiger partial charge in [0.15, 0.2) is 0 Å². The molecule has 0 aliphatic carbocycles. The van der Waals surface area contributed by atoms with Crippen LogP contribution in [0.1, 0.15) is 63.1 Å². The maximum Gasteiger partial charge on any atom is 0.309 e. The number of imidazole rings is 1. The van der Waals surface area contributed by atoms with Crippen LogP contribution in [0, 0.1) is 30.4 Å². The van der Waals surface area contributed by atoms with Crippen molar-refractivity contribution in [1.29, 1.82) is 0 Å². The van der Waals surface area contributed by atoms with E-state index >= 15 is 0 Å². The summed E-state index contributed by atoms with van der Waals surface area (Å²) >= 11 is 0. The number of likely N-dealkylation sites (tertiary alicyclic amines) is 1. The largest absolute Gasteiger partial charge is 0.466 e. The number of piperidine rings is 1. The van der Waals surface area contributed by atoms with Gasteiger partial charge in [0.05, 0.1) is 25.0 Å². The van der Waals surface area contributed by atoms with E-state index in [1.54, 1.807) is 6.20 Å². The second kappa shape index (κ2) is 13.1. The zero-order valence-corrected chi connectivity index (χ0v) is 26.3. The van der Waals surface area contributed by atoms with Crippen LogP contribution in [0.25, 0.3) is 0 Å². The molecule has 0 radical (unpaired) electrons. The minimum Gasteiger partial charge on any atom is -0.466 e. The summed E-state index contributed by atoms with van der Waals surface area (Å²) in [6.45, 7) is 13.4. The van der Waals surface area contributed by atoms with Crippen LogP contribution in [-0.4, -0.2) is 64.7 Å². The lowest BCUT2D eigenvalue weighted by Gasteiger charge is -2.34. The van der Waals surface area contributed by atoms with Gasteiger partial charge in [0.25, 0.3) is 0 Å². The summed E-state index contributed by atoms with van der Waals surface area (Å²) in [6, 6.07) is 9.92. The van der Waals surface area contributed by atoms with Crippen molar-refractivity contribution in [3.8, 4) is 0 Å². The summed E-state index contributed by atoms with van der Waals surface area (Å²) in [5.74, 6) is -2.28. The van der Waals surface area contributed by atoms with Gasteiger partial charge in [-0.3, -0.25) is 19.8 Å². The molecule has 8 nitrogen and oxygen atoms in total. The number of amides is 1. The third-order valence-electron chi connectivity index (χ3n) is 8.95. The van der Waals surface area contributed by atoms with Crippen LogP contribution in [0.15, 0.2) is 48.8 Å². The highest BCUT2D eigenvalue weighted by Crippen LogP contribution is 2.38. The SMILES string of the molecule is CCOC(=O)C1CCN(c2cc(C)ccc2Cn2ccnc2NC(=O)[C@@H]2CN(C(C)(C)C)C[C@H]2c2ccc(F)cc2F)CC1. The summed E-state index contributed by atoms with van der Waals surface area (Å²) < 4.78 is 35.8. The number of nitrogens with zero attached hydrogens (tertiary/aromatic N) is 4. The Morgan fingerprint density at radius 2 is 1.82 bits per heavy atom. The van der Waals surface area contributed by atoms with Gasteiger partial charge in [-0.05, 0) is 76.3 Å². The number of ether oxygens (including phenoxy) is 1. The first-order chi connectivity index (χ1) is 20.9. The minimum absolute atomic E-state index is 0.0769. The van der Waals surface area contributed by atoms with Crippen LogP contribution in [0.2, 0.25) is 0 Å². The molecule has 5 rings (SSSR count). The predicted molar refractivity (Wildman–Crippen MR) is 167 cm³/mol. The molecule has 0 spiro atoms. The highest BCUT2D eigenvalue weighted by Gasteiger charge is 2.43. The third kappa shape index (κ3) is 6.96. The van der Waals surface area contributed by atoms with E-state index in [1.807, 2.05) is 17.7 Å². The number of carbonyl (C=O) groups excluding carboxylic acids is 2. The third-order valence-corrected chi connectivity index (χ3v) is 8.95. The Bertz CT molecular complexity index is 1490. The van der Waals surface area contributed by atoms with Crippen molar-refractivity contribution >= 4 is 23.5 Å². The first kappa shape index (κ1) is 31.6. The summed E-state index contributed by atoms with van der Waals surface area (Å²) in [7, 11) is 0. The van der Waals surface area contributed by atoms with Gasteiger partial charge >= 0.3 is 5.97 Å². The van der Waals surface area contributed by atoms with Crippen molar-refractivity contribution in [3.05, 3.63) is 77.1 Å². The summed E-state index contributed by atoms with van der Waals surface area (Å²) in [6.07, 6.45) is 4.96.